The standard InChI is InChI=1S/C24H19Cl3N4O2S/c1-15-2-8-21(9-3-15)33-13-22-29-30-24(31(22)20-6-4-16(25)5-7-20)34-14-23(32)28-19-11-17(26)10-18(27)12-19/h2-12H,13-14H2,1H3,(H,28,32). The predicted molar refractivity (Wildman–Crippen MR) is 138 cm³/mol. The summed E-state index contributed by atoms with van der Waals surface area (Å²) >= 11 is 19.3. The zero-order chi connectivity index (χ0) is 24.1. The van der Waals surface area contributed by atoms with E-state index in [1.807, 2.05) is 47.9 Å². The van der Waals surface area contributed by atoms with Crippen LogP contribution in [0.4, 0.5) is 5.69 Å². The number of nitrogens with one attached hydrogen (secondary N) is 1. The fourth-order valence-electron chi connectivity index (χ4n) is 3.07. The molecule has 4 aromatic rings. The van der Waals surface area contributed by atoms with E-state index in [2.05, 4.69) is 15.5 Å². The lowest BCUT2D eigenvalue weighted by Gasteiger charge is -2.12. The van der Waals surface area contributed by atoms with Gasteiger partial charge in [-0.25, -0.2) is 0 Å². The second-order valence-electron chi connectivity index (χ2n) is 7.31. The first-order valence-electron chi connectivity index (χ1n) is 10.2. The summed E-state index contributed by atoms with van der Waals surface area (Å²) in [5, 5.41) is 13.4. The van der Waals surface area contributed by atoms with Crippen LogP contribution < -0.4 is 10.1 Å². The Morgan fingerprint density at radius 1 is 0.941 bits per heavy atom. The smallest absolute Gasteiger partial charge is 0.234 e. The van der Waals surface area contributed by atoms with Crippen molar-refractivity contribution in [2.24, 2.45) is 0 Å². The van der Waals surface area contributed by atoms with Gasteiger partial charge in [0.05, 0.1) is 5.75 Å². The molecule has 0 unspecified atom stereocenters. The van der Waals surface area contributed by atoms with Crippen molar-refractivity contribution in [3.05, 3.63) is 93.2 Å². The lowest BCUT2D eigenvalue weighted by atomic mass is 10.2. The van der Waals surface area contributed by atoms with Gasteiger partial charge in [0, 0.05) is 26.4 Å². The van der Waals surface area contributed by atoms with Crippen molar-refractivity contribution >= 4 is 58.2 Å². The van der Waals surface area contributed by atoms with Gasteiger partial charge in [0.2, 0.25) is 5.91 Å². The number of benzene rings is 3. The van der Waals surface area contributed by atoms with Crippen LogP contribution in [0.3, 0.4) is 0 Å². The molecular weight excluding hydrogens is 515 g/mol. The average Bonchev–Trinajstić information content (AvgIpc) is 3.20. The van der Waals surface area contributed by atoms with E-state index < -0.39 is 0 Å². The van der Waals surface area contributed by atoms with Crippen LogP contribution in [0.2, 0.25) is 15.1 Å². The highest BCUT2D eigenvalue weighted by Crippen LogP contribution is 2.26. The highest BCUT2D eigenvalue weighted by Gasteiger charge is 2.17. The lowest BCUT2D eigenvalue weighted by Crippen LogP contribution is -2.15. The number of amides is 1. The molecule has 0 aliphatic carbocycles. The number of nitrogens with zero attached hydrogens (tertiary/aromatic N) is 3. The Hall–Kier alpha value is -2.71. The van der Waals surface area contributed by atoms with E-state index in [1.165, 1.54) is 11.8 Å². The van der Waals surface area contributed by atoms with Crippen molar-refractivity contribution < 1.29 is 9.53 Å². The van der Waals surface area contributed by atoms with E-state index in [9.17, 15) is 4.79 Å². The molecule has 0 saturated carbocycles. The third-order valence-electron chi connectivity index (χ3n) is 4.65. The second-order valence-corrected chi connectivity index (χ2v) is 9.56. The van der Waals surface area contributed by atoms with Crippen LogP contribution in [-0.4, -0.2) is 26.4 Å². The van der Waals surface area contributed by atoms with Crippen LogP contribution in [0.15, 0.2) is 71.9 Å². The maximum absolute atomic E-state index is 12.5. The summed E-state index contributed by atoms with van der Waals surface area (Å²) in [6.07, 6.45) is 0. The van der Waals surface area contributed by atoms with Gasteiger partial charge in [0.1, 0.15) is 12.4 Å². The average molecular weight is 534 g/mol. The monoisotopic (exact) mass is 532 g/mol. The third-order valence-corrected chi connectivity index (χ3v) is 6.27. The summed E-state index contributed by atoms with van der Waals surface area (Å²) in [5.41, 5.74) is 2.48. The van der Waals surface area contributed by atoms with E-state index in [0.717, 1.165) is 17.0 Å². The summed E-state index contributed by atoms with van der Waals surface area (Å²) < 4.78 is 7.76. The Kier molecular flexibility index (Phi) is 8.00. The third kappa shape index (κ3) is 6.45. The van der Waals surface area contributed by atoms with Crippen LogP contribution in [0, 0.1) is 6.92 Å². The molecule has 1 aromatic heterocycles. The Morgan fingerprint density at radius 3 is 2.29 bits per heavy atom. The molecule has 1 heterocycles. The molecule has 1 amide bonds. The summed E-state index contributed by atoms with van der Waals surface area (Å²) in [6.45, 7) is 2.22. The number of anilines is 1. The number of halogens is 3. The normalized spacial score (nSPS) is 10.8. The molecule has 0 radical (unpaired) electrons. The zero-order valence-electron chi connectivity index (χ0n) is 18.0. The number of carbonyl (C=O) groups excluding carboxylic acids is 1. The fourth-order valence-corrected chi connectivity index (χ4v) is 4.50. The van der Waals surface area contributed by atoms with Gasteiger partial charge in [0.25, 0.3) is 0 Å². The molecule has 0 bridgehead atoms. The van der Waals surface area contributed by atoms with E-state index >= 15 is 0 Å². The van der Waals surface area contributed by atoms with Crippen molar-refractivity contribution in [2.75, 3.05) is 11.1 Å². The topological polar surface area (TPSA) is 69.0 Å². The first kappa shape index (κ1) is 24.4. The lowest BCUT2D eigenvalue weighted by molar-refractivity contribution is -0.113. The van der Waals surface area contributed by atoms with Crippen molar-refractivity contribution in [3.63, 3.8) is 0 Å². The van der Waals surface area contributed by atoms with Gasteiger partial charge in [-0.2, -0.15) is 0 Å². The number of thioether (sulfide) groups is 1. The Bertz CT molecular complexity index is 1270. The summed E-state index contributed by atoms with van der Waals surface area (Å²) in [6, 6.07) is 19.9. The minimum Gasteiger partial charge on any atom is -0.486 e. The van der Waals surface area contributed by atoms with E-state index in [0.29, 0.717) is 31.7 Å². The molecule has 10 heteroatoms. The first-order chi connectivity index (χ1) is 16.4. The molecule has 6 nitrogen and oxygen atoms in total. The Balaban J connectivity index is 1.51. The van der Waals surface area contributed by atoms with E-state index in [4.69, 9.17) is 39.5 Å². The molecule has 3 aromatic carbocycles. The first-order valence-corrected chi connectivity index (χ1v) is 12.3. The highest BCUT2D eigenvalue weighted by atomic mass is 35.5. The van der Waals surface area contributed by atoms with Crippen LogP contribution in [0.25, 0.3) is 5.69 Å². The van der Waals surface area contributed by atoms with Crippen molar-refractivity contribution in [3.8, 4) is 11.4 Å². The quantitative estimate of drug-likeness (QED) is 0.251. The maximum Gasteiger partial charge on any atom is 0.234 e. The SMILES string of the molecule is Cc1ccc(OCc2nnc(SCC(=O)Nc3cc(Cl)cc(Cl)c3)n2-c2ccc(Cl)cc2)cc1. The fraction of sp³-hybridized carbons (Fsp3) is 0.125. The van der Waals surface area contributed by atoms with Gasteiger partial charge in [-0.15, -0.1) is 10.2 Å². The molecular formula is C24H19Cl3N4O2S. The molecule has 1 N–H and O–H groups in total. The summed E-state index contributed by atoms with van der Waals surface area (Å²) in [4.78, 5) is 12.5. The number of hydrogen-bond donors (Lipinski definition) is 1. The van der Waals surface area contributed by atoms with Gasteiger partial charge in [-0.05, 0) is 61.5 Å². The summed E-state index contributed by atoms with van der Waals surface area (Å²) in [7, 11) is 0. The van der Waals surface area contributed by atoms with Crippen LogP contribution in [0.1, 0.15) is 11.4 Å². The van der Waals surface area contributed by atoms with Crippen molar-refractivity contribution in [1.29, 1.82) is 0 Å². The number of carbonyl (C=O) groups is 1. The van der Waals surface area contributed by atoms with E-state index in [1.54, 1.807) is 30.3 Å². The van der Waals surface area contributed by atoms with E-state index in [-0.39, 0.29) is 18.3 Å². The Morgan fingerprint density at radius 2 is 1.62 bits per heavy atom. The number of aromatic nitrogens is 3. The maximum atomic E-state index is 12.5. The molecule has 4 rings (SSSR count). The highest BCUT2D eigenvalue weighted by molar-refractivity contribution is 7.99. The summed E-state index contributed by atoms with van der Waals surface area (Å²) in [5.74, 6) is 1.19. The van der Waals surface area contributed by atoms with Crippen LogP contribution in [-0.2, 0) is 11.4 Å². The largest absolute Gasteiger partial charge is 0.486 e. The van der Waals surface area contributed by atoms with Crippen molar-refractivity contribution in [2.45, 2.75) is 18.7 Å². The number of aryl methyl sites for hydroxylation is 1. The molecule has 174 valence electrons. The molecule has 34 heavy (non-hydrogen) atoms. The predicted octanol–water partition coefficient (Wildman–Crippen LogP) is 6.85. The minimum absolute atomic E-state index is 0.106. The zero-order valence-corrected chi connectivity index (χ0v) is 21.0. The molecule has 0 saturated heterocycles. The molecule has 0 fully saturated rings. The molecule has 0 spiro atoms. The molecule has 0 aliphatic heterocycles. The van der Waals surface area contributed by atoms with Crippen molar-refractivity contribution in [1.82, 2.24) is 14.8 Å². The number of rotatable bonds is 8. The minimum atomic E-state index is -0.230. The van der Waals surface area contributed by atoms with Gasteiger partial charge in [0.15, 0.2) is 11.0 Å². The van der Waals surface area contributed by atoms with Crippen LogP contribution >= 0.6 is 46.6 Å². The van der Waals surface area contributed by atoms with Crippen LogP contribution in [0.5, 0.6) is 5.75 Å². The van der Waals surface area contributed by atoms with Gasteiger partial charge in [-0.1, -0.05) is 64.3 Å². The van der Waals surface area contributed by atoms with Gasteiger partial charge in [-0.3, -0.25) is 9.36 Å². The van der Waals surface area contributed by atoms with Gasteiger partial charge < -0.3 is 10.1 Å². The second kappa shape index (κ2) is 11.1. The number of ether oxygens (including phenoxy) is 1. The van der Waals surface area contributed by atoms with Gasteiger partial charge >= 0.3 is 0 Å². The molecule has 0 aliphatic rings. The Labute approximate surface area is 216 Å². The number of hydrogen-bond acceptors (Lipinski definition) is 5. The molecule has 0 atom stereocenters.